The van der Waals surface area contributed by atoms with E-state index < -0.39 is 15.9 Å². The van der Waals surface area contributed by atoms with Gasteiger partial charge in [0.25, 0.3) is 5.91 Å². The van der Waals surface area contributed by atoms with Crippen molar-refractivity contribution < 1.29 is 13.2 Å². The van der Waals surface area contributed by atoms with Gasteiger partial charge in [0.1, 0.15) is 0 Å². The standard InChI is InChI=1S/C19H19Cl3N2O3S/c20-15-9-8-13(28(26,27)24-10-3-1-2-4-11-24)12-14(15)19(25)23-17-7-5-6-16(21)18(17)22/h5-9,12H,1-4,10-11H2,(H,23,25). The number of rotatable bonds is 4. The summed E-state index contributed by atoms with van der Waals surface area (Å²) < 4.78 is 27.5. The summed E-state index contributed by atoms with van der Waals surface area (Å²) in [5.41, 5.74) is 0.365. The molecular weight excluding hydrogens is 443 g/mol. The summed E-state index contributed by atoms with van der Waals surface area (Å²) in [5.74, 6) is -0.568. The topological polar surface area (TPSA) is 66.5 Å². The second-order valence-electron chi connectivity index (χ2n) is 6.52. The number of nitrogens with zero attached hydrogens (tertiary/aromatic N) is 1. The van der Waals surface area contributed by atoms with Crippen molar-refractivity contribution in [2.24, 2.45) is 0 Å². The Bertz CT molecular complexity index is 988. The van der Waals surface area contributed by atoms with Crippen LogP contribution in [0.2, 0.25) is 15.1 Å². The van der Waals surface area contributed by atoms with Gasteiger partial charge in [0.05, 0.1) is 31.2 Å². The van der Waals surface area contributed by atoms with Crippen LogP contribution < -0.4 is 5.32 Å². The lowest BCUT2D eigenvalue weighted by molar-refractivity contribution is 0.102. The number of carbonyl (C=O) groups is 1. The quantitative estimate of drug-likeness (QED) is 0.657. The van der Waals surface area contributed by atoms with Gasteiger partial charge in [-0.25, -0.2) is 8.42 Å². The van der Waals surface area contributed by atoms with Gasteiger partial charge in [-0.1, -0.05) is 53.7 Å². The minimum Gasteiger partial charge on any atom is -0.321 e. The normalized spacial score (nSPS) is 15.8. The van der Waals surface area contributed by atoms with Crippen LogP contribution >= 0.6 is 34.8 Å². The maximum Gasteiger partial charge on any atom is 0.257 e. The largest absolute Gasteiger partial charge is 0.321 e. The summed E-state index contributed by atoms with van der Waals surface area (Å²) in [5, 5.41) is 3.26. The zero-order valence-corrected chi connectivity index (χ0v) is 18.0. The lowest BCUT2D eigenvalue weighted by Crippen LogP contribution is -2.32. The minimum absolute atomic E-state index is 0.0427. The van der Waals surface area contributed by atoms with Crippen LogP contribution in [-0.2, 0) is 10.0 Å². The molecule has 1 N–H and O–H groups in total. The monoisotopic (exact) mass is 460 g/mol. The Hall–Kier alpha value is -1.31. The number of nitrogens with one attached hydrogen (secondary N) is 1. The molecule has 1 heterocycles. The summed E-state index contributed by atoms with van der Waals surface area (Å²) in [6.45, 7) is 0.954. The van der Waals surface area contributed by atoms with E-state index in [2.05, 4.69) is 5.32 Å². The second kappa shape index (κ2) is 9.01. The van der Waals surface area contributed by atoms with Gasteiger partial charge in [0.2, 0.25) is 10.0 Å². The Morgan fingerprint density at radius 1 is 0.929 bits per heavy atom. The maximum absolute atomic E-state index is 13.0. The molecule has 3 rings (SSSR count). The summed E-state index contributed by atoms with van der Waals surface area (Å²) in [4.78, 5) is 12.7. The van der Waals surface area contributed by atoms with Gasteiger partial charge in [-0.3, -0.25) is 4.79 Å². The fourth-order valence-electron chi connectivity index (χ4n) is 3.06. The number of halogens is 3. The molecule has 2 aromatic rings. The first-order valence-electron chi connectivity index (χ1n) is 8.86. The minimum atomic E-state index is -3.70. The van der Waals surface area contributed by atoms with Gasteiger partial charge in [-0.15, -0.1) is 0 Å². The summed E-state index contributed by atoms with van der Waals surface area (Å²) in [6.07, 6.45) is 3.68. The van der Waals surface area contributed by atoms with Gasteiger partial charge < -0.3 is 5.32 Å². The third kappa shape index (κ3) is 4.63. The predicted molar refractivity (Wildman–Crippen MR) is 113 cm³/mol. The van der Waals surface area contributed by atoms with E-state index in [9.17, 15) is 13.2 Å². The molecule has 0 radical (unpaired) electrons. The predicted octanol–water partition coefficient (Wildman–Crippen LogP) is 5.46. The number of sulfonamides is 1. The van der Waals surface area contributed by atoms with Crippen LogP contribution in [-0.4, -0.2) is 31.7 Å². The number of hydrogen-bond acceptors (Lipinski definition) is 3. The molecule has 1 aliphatic rings. The molecule has 9 heteroatoms. The molecule has 0 spiro atoms. The number of benzene rings is 2. The molecular formula is C19H19Cl3N2O3S. The molecule has 1 aliphatic heterocycles. The molecule has 1 amide bonds. The first kappa shape index (κ1) is 21.4. The zero-order valence-electron chi connectivity index (χ0n) is 14.9. The molecule has 0 saturated carbocycles. The van der Waals surface area contributed by atoms with E-state index >= 15 is 0 Å². The van der Waals surface area contributed by atoms with Gasteiger partial charge >= 0.3 is 0 Å². The number of anilines is 1. The van der Waals surface area contributed by atoms with Crippen LogP contribution in [0, 0.1) is 0 Å². The Morgan fingerprint density at radius 3 is 2.29 bits per heavy atom. The number of amides is 1. The van der Waals surface area contributed by atoms with E-state index in [1.807, 2.05) is 0 Å². The van der Waals surface area contributed by atoms with Gasteiger partial charge in [-0.2, -0.15) is 4.31 Å². The van der Waals surface area contributed by atoms with Crippen molar-refractivity contribution in [1.82, 2.24) is 4.31 Å². The summed E-state index contributed by atoms with van der Waals surface area (Å²) >= 11 is 18.2. The van der Waals surface area contributed by atoms with Gasteiger partial charge in [0.15, 0.2) is 0 Å². The van der Waals surface area contributed by atoms with Gasteiger partial charge in [0, 0.05) is 13.1 Å². The Morgan fingerprint density at radius 2 is 1.61 bits per heavy atom. The highest BCUT2D eigenvalue weighted by atomic mass is 35.5. The maximum atomic E-state index is 13.0. The fraction of sp³-hybridized carbons (Fsp3) is 0.316. The highest BCUT2D eigenvalue weighted by Crippen LogP contribution is 2.31. The third-order valence-electron chi connectivity index (χ3n) is 4.59. The Balaban J connectivity index is 1.90. The first-order chi connectivity index (χ1) is 13.3. The smallest absolute Gasteiger partial charge is 0.257 e. The van der Waals surface area contributed by atoms with Crippen molar-refractivity contribution in [3.05, 3.63) is 57.0 Å². The fourth-order valence-corrected chi connectivity index (χ4v) is 5.15. The van der Waals surface area contributed by atoms with Crippen LogP contribution in [0.3, 0.4) is 0 Å². The molecule has 0 bridgehead atoms. The second-order valence-corrected chi connectivity index (χ2v) is 9.65. The van der Waals surface area contributed by atoms with E-state index in [0.29, 0.717) is 23.8 Å². The molecule has 0 unspecified atom stereocenters. The zero-order chi connectivity index (χ0) is 20.3. The highest BCUT2D eigenvalue weighted by Gasteiger charge is 2.26. The molecule has 1 fully saturated rings. The molecule has 28 heavy (non-hydrogen) atoms. The molecule has 0 atom stereocenters. The average molecular weight is 462 g/mol. The Labute approximate surface area is 179 Å². The van der Waals surface area contributed by atoms with E-state index in [1.54, 1.807) is 18.2 Å². The lowest BCUT2D eigenvalue weighted by Gasteiger charge is -2.20. The molecule has 150 valence electrons. The van der Waals surface area contributed by atoms with Crippen molar-refractivity contribution in [1.29, 1.82) is 0 Å². The summed E-state index contributed by atoms with van der Waals surface area (Å²) in [7, 11) is -3.70. The van der Waals surface area contributed by atoms with E-state index in [1.165, 1.54) is 22.5 Å². The lowest BCUT2D eigenvalue weighted by atomic mass is 10.2. The number of carbonyl (C=O) groups excluding carboxylic acids is 1. The molecule has 0 aliphatic carbocycles. The van der Waals surface area contributed by atoms with Crippen LogP contribution in [0.15, 0.2) is 41.3 Å². The summed E-state index contributed by atoms with van der Waals surface area (Å²) in [6, 6.07) is 8.98. The highest BCUT2D eigenvalue weighted by molar-refractivity contribution is 7.89. The molecule has 0 aromatic heterocycles. The van der Waals surface area contributed by atoms with E-state index in [4.69, 9.17) is 34.8 Å². The van der Waals surface area contributed by atoms with Crippen molar-refractivity contribution in [2.45, 2.75) is 30.6 Å². The van der Waals surface area contributed by atoms with Crippen LogP contribution in [0.4, 0.5) is 5.69 Å². The van der Waals surface area contributed by atoms with Gasteiger partial charge in [-0.05, 0) is 43.2 Å². The molecule has 2 aromatic carbocycles. The van der Waals surface area contributed by atoms with Crippen LogP contribution in [0.5, 0.6) is 0 Å². The SMILES string of the molecule is O=C(Nc1cccc(Cl)c1Cl)c1cc(S(=O)(=O)N2CCCCCC2)ccc1Cl. The van der Waals surface area contributed by atoms with E-state index in [-0.39, 0.29) is 20.5 Å². The van der Waals surface area contributed by atoms with Crippen molar-refractivity contribution >= 4 is 56.4 Å². The van der Waals surface area contributed by atoms with E-state index in [0.717, 1.165) is 25.7 Å². The van der Waals surface area contributed by atoms with Crippen molar-refractivity contribution in [2.75, 3.05) is 18.4 Å². The number of hydrogen-bond donors (Lipinski definition) is 1. The van der Waals surface area contributed by atoms with Crippen molar-refractivity contribution in [3.8, 4) is 0 Å². The molecule has 5 nitrogen and oxygen atoms in total. The molecule has 1 saturated heterocycles. The first-order valence-corrected chi connectivity index (χ1v) is 11.4. The van der Waals surface area contributed by atoms with Crippen molar-refractivity contribution in [3.63, 3.8) is 0 Å². The Kier molecular flexibility index (Phi) is 6.89. The van der Waals surface area contributed by atoms with Crippen LogP contribution in [0.25, 0.3) is 0 Å². The average Bonchev–Trinajstić information content (AvgIpc) is 2.95. The van der Waals surface area contributed by atoms with Crippen LogP contribution in [0.1, 0.15) is 36.0 Å². The third-order valence-corrected chi connectivity index (χ3v) is 7.63.